The largest absolute Gasteiger partial charge is 0.487 e. The Bertz CT molecular complexity index is 540. The minimum atomic E-state index is -0.133. The van der Waals surface area contributed by atoms with Crippen LogP contribution in [0.2, 0.25) is 5.02 Å². The van der Waals surface area contributed by atoms with Crippen LogP contribution < -0.4 is 4.74 Å². The number of ether oxygens (including phenoxy) is 1. The lowest BCUT2D eigenvalue weighted by Crippen LogP contribution is -2.09. The minimum absolute atomic E-state index is 0.133. The zero-order valence-electron chi connectivity index (χ0n) is 11.4. The number of aryl methyl sites for hydroxylation is 1. The number of benzene rings is 1. The van der Waals surface area contributed by atoms with E-state index in [1.807, 2.05) is 0 Å². The molecule has 1 N–H and O–H groups in total. The van der Waals surface area contributed by atoms with Crippen LogP contribution in [-0.4, -0.2) is 20.1 Å². The van der Waals surface area contributed by atoms with Gasteiger partial charge in [-0.25, -0.2) is 4.68 Å². The van der Waals surface area contributed by atoms with Gasteiger partial charge in [0.25, 0.3) is 0 Å². The highest BCUT2D eigenvalue weighted by molar-refractivity contribution is 6.30. The van der Waals surface area contributed by atoms with Gasteiger partial charge < -0.3 is 9.84 Å². The zero-order chi connectivity index (χ0) is 14.4. The van der Waals surface area contributed by atoms with Crippen molar-refractivity contribution in [1.82, 2.24) is 15.0 Å². The highest BCUT2D eigenvalue weighted by Crippen LogP contribution is 2.17. The second-order valence-corrected chi connectivity index (χ2v) is 4.90. The fourth-order valence-corrected chi connectivity index (χ4v) is 1.95. The van der Waals surface area contributed by atoms with Gasteiger partial charge in [-0.3, -0.25) is 0 Å². The van der Waals surface area contributed by atoms with Crippen molar-refractivity contribution in [1.29, 1.82) is 0 Å². The number of unbranched alkanes of at least 4 members (excludes halogenated alkanes) is 1. The highest BCUT2D eigenvalue weighted by Gasteiger charge is 2.12. The smallest absolute Gasteiger partial charge is 0.132 e. The third kappa shape index (κ3) is 3.71. The lowest BCUT2D eigenvalue weighted by Gasteiger charge is -2.09. The first-order valence-corrected chi connectivity index (χ1v) is 7.02. The summed E-state index contributed by atoms with van der Waals surface area (Å²) in [6, 6.07) is 7.16. The average molecular weight is 296 g/mol. The Morgan fingerprint density at radius 3 is 2.70 bits per heavy atom. The molecule has 5 nitrogen and oxygen atoms in total. The summed E-state index contributed by atoms with van der Waals surface area (Å²) in [7, 11) is 0. The molecule has 0 spiro atoms. The van der Waals surface area contributed by atoms with Crippen LogP contribution in [0.25, 0.3) is 0 Å². The van der Waals surface area contributed by atoms with Crippen LogP contribution in [-0.2, 0) is 19.8 Å². The molecule has 1 heterocycles. The SMILES string of the molecule is CCCCn1nnc(CO)c1COc1ccc(Cl)cc1. The second kappa shape index (κ2) is 7.26. The maximum atomic E-state index is 9.30. The molecule has 0 saturated heterocycles. The lowest BCUT2D eigenvalue weighted by atomic mass is 10.3. The van der Waals surface area contributed by atoms with Crippen molar-refractivity contribution in [2.45, 2.75) is 39.5 Å². The molecular formula is C14H18ClN3O2. The van der Waals surface area contributed by atoms with E-state index in [4.69, 9.17) is 16.3 Å². The maximum Gasteiger partial charge on any atom is 0.132 e. The Morgan fingerprint density at radius 2 is 2.05 bits per heavy atom. The molecule has 0 radical (unpaired) electrons. The number of nitrogens with zero attached hydrogens (tertiary/aromatic N) is 3. The van der Waals surface area contributed by atoms with E-state index in [0.29, 0.717) is 17.3 Å². The van der Waals surface area contributed by atoms with Gasteiger partial charge in [0.2, 0.25) is 0 Å². The quantitative estimate of drug-likeness (QED) is 0.853. The van der Waals surface area contributed by atoms with Gasteiger partial charge in [0.05, 0.1) is 6.61 Å². The van der Waals surface area contributed by atoms with E-state index in [-0.39, 0.29) is 6.61 Å². The molecule has 0 amide bonds. The van der Waals surface area contributed by atoms with E-state index in [1.165, 1.54) is 0 Å². The first-order valence-electron chi connectivity index (χ1n) is 6.65. The second-order valence-electron chi connectivity index (χ2n) is 4.46. The van der Waals surface area contributed by atoms with E-state index in [9.17, 15) is 5.11 Å². The van der Waals surface area contributed by atoms with Crippen molar-refractivity contribution in [3.8, 4) is 5.75 Å². The van der Waals surface area contributed by atoms with Crippen LogP contribution >= 0.6 is 11.6 Å². The van der Waals surface area contributed by atoms with Gasteiger partial charge in [0.1, 0.15) is 23.7 Å². The standard InChI is InChI=1S/C14H18ClN3O2/c1-2-3-8-18-14(13(9-19)16-17-18)10-20-12-6-4-11(15)5-7-12/h4-7,19H,2-3,8-10H2,1H3. The summed E-state index contributed by atoms with van der Waals surface area (Å²) >= 11 is 5.83. The topological polar surface area (TPSA) is 60.2 Å². The van der Waals surface area contributed by atoms with Gasteiger partial charge in [-0.2, -0.15) is 0 Å². The molecule has 20 heavy (non-hydrogen) atoms. The Balaban J connectivity index is 2.06. The van der Waals surface area contributed by atoms with Crippen molar-refractivity contribution in [3.63, 3.8) is 0 Å². The molecule has 108 valence electrons. The number of aliphatic hydroxyl groups is 1. The fourth-order valence-electron chi connectivity index (χ4n) is 1.82. The van der Waals surface area contributed by atoms with E-state index < -0.39 is 0 Å². The van der Waals surface area contributed by atoms with Gasteiger partial charge >= 0.3 is 0 Å². The molecule has 0 bridgehead atoms. The molecule has 0 fully saturated rings. The van der Waals surface area contributed by atoms with Gasteiger partial charge in [0, 0.05) is 11.6 Å². The van der Waals surface area contributed by atoms with Crippen molar-refractivity contribution < 1.29 is 9.84 Å². The Morgan fingerprint density at radius 1 is 1.30 bits per heavy atom. The molecule has 0 aliphatic heterocycles. The van der Waals surface area contributed by atoms with E-state index in [0.717, 1.165) is 30.8 Å². The number of hydrogen-bond donors (Lipinski definition) is 1. The predicted octanol–water partition coefficient (Wildman–Crippen LogP) is 2.80. The number of aromatic nitrogens is 3. The van der Waals surface area contributed by atoms with Crippen molar-refractivity contribution in [3.05, 3.63) is 40.7 Å². The van der Waals surface area contributed by atoms with E-state index >= 15 is 0 Å². The Hall–Kier alpha value is -1.59. The molecule has 0 saturated carbocycles. The highest BCUT2D eigenvalue weighted by atomic mass is 35.5. The number of rotatable bonds is 7. The summed E-state index contributed by atoms with van der Waals surface area (Å²) in [5, 5.41) is 18.0. The summed E-state index contributed by atoms with van der Waals surface area (Å²) in [6.07, 6.45) is 2.09. The third-order valence-corrected chi connectivity index (χ3v) is 3.23. The molecule has 1 aromatic carbocycles. The summed E-state index contributed by atoms with van der Waals surface area (Å²) in [5.41, 5.74) is 1.38. The molecule has 2 rings (SSSR count). The third-order valence-electron chi connectivity index (χ3n) is 2.98. The minimum Gasteiger partial charge on any atom is -0.487 e. The summed E-state index contributed by atoms with van der Waals surface area (Å²) in [4.78, 5) is 0. The zero-order valence-corrected chi connectivity index (χ0v) is 12.2. The van der Waals surface area contributed by atoms with E-state index in [1.54, 1.807) is 28.9 Å². The van der Waals surface area contributed by atoms with Crippen molar-refractivity contribution >= 4 is 11.6 Å². The summed E-state index contributed by atoms with van der Waals surface area (Å²) in [5.74, 6) is 0.724. The Labute approximate surface area is 123 Å². The monoisotopic (exact) mass is 295 g/mol. The first-order chi connectivity index (χ1) is 9.74. The number of hydrogen-bond acceptors (Lipinski definition) is 4. The fraction of sp³-hybridized carbons (Fsp3) is 0.429. The molecule has 0 aliphatic carbocycles. The maximum absolute atomic E-state index is 9.30. The predicted molar refractivity (Wildman–Crippen MR) is 76.6 cm³/mol. The van der Waals surface area contributed by atoms with Gasteiger partial charge in [-0.05, 0) is 30.7 Å². The molecule has 2 aromatic rings. The first kappa shape index (κ1) is 14.8. The van der Waals surface area contributed by atoms with Crippen molar-refractivity contribution in [2.75, 3.05) is 0 Å². The average Bonchev–Trinajstić information content (AvgIpc) is 2.86. The number of halogens is 1. The number of aliphatic hydroxyl groups excluding tert-OH is 1. The summed E-state index contributed by atoms with van der Waals surface area (Å²) < 4.78 is 7.49. The molecule has 0 aliphatic rings. The van der Waals surface area contributed by atoms with Crippen LogP contribution in [0.15, 0.2) is 24.3 Å². The van der Waals surface area contributed by atoms with Gasteiger partial charge in [-0.15, -0.1) is 5.10 Å². The Kier molecular flexibility index (Phi) is 5.38. The van der Waals surface area contributed by atoms with Crippen LogP contribution in [0.4, 0.5) is 0 Å². The van der Waals surface area contributed by atoms with Crippen molar-refractivity contribution in [2.24, 2.45) is 0 Å². The molecule has 0 atom stereocenters. The van der Waals surface area contributed by atoms with E-state index in [2.05, 4.69) is 17.2 Å². The normalized spacial score (nSPS) is 10.8. The summed E-state index contributed by atoms with van der Waals surface area (Å²) in [6.45, 7) is 3.09. The van der Waals surface area contributed by atoms with Gasteiger partial charge in [0.15, 0.2) is 0 Å². The molecule has 1 aromatic heterocycles. The molecule has 6 heteroatoms. The van der Waals surface area contributed by atoms with Crippen LogP contribution in [0.1, 0.15) is 31.2 Å². The van der Waals surface area contributed by atoms with Crippen LogP contribution in [0, 0.1) is 0 Å². The van der Waals surface area contributed by atoms with Crippen LogP contribution in [0.3, 0.4) is 0 Å². The van der Waals surface area contributed by atoms with Crippen LogP contribution in [0.5, 0.6) is 5.75 Å². The lowest BCUT2D eigenvalue weighted by molar-refractivity contribution is 0.261. The molecular weight excluding hydrogens is 278 g/mol. The van der Waals surface area contributed by atoms with Gasteiger partial charge in [-0.1, -0.05) is 30.2 Å². The molecule has 0 unspecified atom stereocenters.